The van der Waals surface area contributed by atoms with Crippen molar-refractivity contribution in [3.8, 4) is 0 Å². The predicted molar refractivity (Wildman–Crippen MR) is 73.4 cm³/mol. The number of likely N-dealkylation sites (tertiary alicyclic amines) is 1. The van der Waals surface area contributed by atoms with Crippen LogP contribution in [0.3, 0.4) is 0 Å². The molecule has 1 aliphatic carbocycles. The molecule has 3 heteroatoms. The van der Waals surface area contributed by atoms with Crippen molar-refractivity contribution in [3.05, 3.63) is 0 Å². The molecule has 1 saturated carbocycles. The Morgan fingerprint density at radius 3 is 2.78 bits per heavy atom. The van der Waals surface area contributed by atoms with Crippen molar-refractivity contribution in [1.29, 1.82) is 0 Å². The third kappa shape index (κ3) is 1.60. The van der Waals surface area contributed by atoms with Gasteiger partial charge in [-0.25, -0.2) is 0 Å². The van der Waals surface area contributed by atoms with Crippen LogP contribution in [0, 0.1) is 17.3 Å². The van der Waals surface area contributed by atoms with Crippen LogP contribution in [-0.2, 0) is 4.74 Å². The Kier molecular flexibility index (Phi) is 3.00. The summed E-state index contributed by atoms with van der Waals surface area (Å²) in [5.41, 5.74) is 6.92. The molecule has 2 N–H and O–H groups in total. The van der Waals surface area contributed by atoms with E-state index in [0.717, 1.165) is 25.5 Å². The van der Waals surface area contributed by atoms with E-state index in [4.69, 9.17) is 10.5 Å². The Morgan fingerprint density at radius 1 is 1.33 bits per heavy atom. The Bertz CT molecular complexity index is 330. The molecule has 3 rings (SSSR count). The second-order valence-corrected chi connectivity index (χ2v) is 7.25. The zero-order chi connectivity index (χ0) is 13.0. The summed E-state index contributed by atoms with van der Waals surface area (Å²) in [5.74, 6) is 1.49. The van der Waals surface area contributed by atoms with Crippen LogP contribution in [0.2, 0.25) is 0 Å². The molecule has 3 nitrogen and oxygen atoms in total. The van der Waals surface area contributed by atoms with Crippen molar-refractivity contribution >= 4 is 0 Å². The minimum absolute atomic E-state index is 0.0310. The number of nitrogens with zero attached hydrogens (tertiary/aromatic N) is 1. The average molecular weight is 252 g/mol. The smallest absolute Gasteiger partial charge is 0.0691 e. The summed E-state index contributed by atoms with van der Waals surface area (Å²) in [5, 5.41) is 0. The van der Waals surface area contributed by atoms with E-state index in [2.05, 4.69) is 25.7 Å². The van der Waals surface area contributed by atoms with Gasteiger partial charge in [0.2, 0.25) is 0 Å². The van der Waals surface area contributed by atoms with E-state index in [9.17, 15) is 0 Å². The van der Waals surface area contributed by atoms with Gasteiger partial charge in [0, 0.05) is 36.6 Å². The Hall–Kier alpha value is -0.120. The Balaban J connectivity index is 1.68. The molecule has 3 aliphatic rings. The van der Waals surface area contributed by atoms with Crippen LogP contribution in [0.1, 0.15) is 40.0 Å². The van der Waals surface area contributed by atoms with E-state index >= 15 is 0 Å². The molecule has 3 fully saturated rings. The molecule has 104 valence electrons. The van der Waals surface area contributed by atoms with Crippen molar-refractivity contribution in [2.75, 3.05) is 26.2 Å². The first-order chi connectivity index (χ1) is 8.49. The summed E-state index contributed by atoms with van der Waals surface area (Å²) >= 11 is 0. The molecule has 0 spiro atoms. The Labute approximate surface area is 111 Å². The van der Waals surface area contributed by atoms with E-state index in [-0.39, 0.29) is 11.0 Å². The molecule has 0 amide bonds. The topological polar surface area (TPSA) is 38.5 Å². The molecule has 4 atom stereocenters. The lowest BCUT2D eigenvalue weighted by Gasteiger charge is -2.63. The van der Waals surface area contributed by atoms with E-state index in [1.165, 1.54) is 25.9 Å². The van der Waals surface area contributed by atoms with Gasteiger partial charge < -0.3 is 15.4 Å². The molecule has 0 aromatic carbocycles. The SMILES string of the molecule is CCC1CCN(CC2(N)C3CCOC3C2(C)C)C1. The monoisotopic (exact) mass is 252 g/mol. The van der Waals surface area contributed by atoms with Gasteiger partial charge in [0.15, 0.2) is 0 Å². The maximum absolute atomic E-state index is 6.81. The number of ether oxygens (including phenoxy) is 1. The van der Waals surface area contributed by atoms with Crippen molar-refractivity contribution in [2.24, 2.45) is 23.0 Å². The van der Waals surface area contributed by atoms with Gasteiger partial charge in [0.25, 0.3) is 0 Å². The molecular formula is C15H28N2O. The first-order valence-corrected chi connectivity index (χ1v) is 7.62. The van der Waals surface area contributed by atoms with Gasteiger partial charge in [-0.15, -0.1) is 0 Å². The molecule has 18 heavy (non-hydrogen) atoms. The van der Waals surface area contributed by atoms with Crippen molar-refractivity contribution in [3.63, 3.8) is 0 Å². The third-order valence-corrected chi connectivity index (χ3v) is 6.10. The van der Waals surface area contributed by atoms with Gasteiger partial charge in [0.05, 0.1) is 6.10 Å². The van der Waals surface area contributed by atoms with E-state index in [1.54, 1.807) is 0 Å². The average Bonchev–Trinajstić information content (AvgIpc) is 2.96. The highest BCUT2D eigenvalue weighted by molar-refractivity contribution is 5.21. The van der Waals surface area contributed by atoms with Crippen molar-refractivity contribution < 1.29 is 4.74 Å². The second kappa shape index (κ2) is 4.19. The molecule has 0 aromatic heterocycles. The molecule has 2 heterocycles. The molecular weight excluding hydrogens is 224 g/mol. The largest absolute Gasteiger partial charge is 0.377 e. The molecule has 0 aromatic rings. The highest BCUT2D eigenvalue weighted by Gasteiger charge is 2.67. The lowest BCUT2D eigenvalue weighted by Crippen LogP contribution is -2.78. The number of hydrogen-bond donors (Lipinski definition) is 1. The van der Waals surface area contributed by atoms with Gasteiger partial charge in [-0.1, -0.05) is 27.2 Å². The van der Waals surface area contributed by atoms with E-state index < -0.39 is 0 Å². The Morgan fingerprint density at radius 2 is 2.11 bits per heavy atom. The van der Waals surface area contributed by atoms with Crippen LogP contribution in [0.15, 0.2) is 0 Å². The van der Waals surface area contributed by atoms with Gasteiger partial charge in [-0.2, -0.15) is 0 Å². The van der Waals surface area contributed by atoms with Crippen LogP contribution in [-0.4, -0.2) is 42.8 Å². The number of rotatable bonds is 3. The molecule has 0 radical (unpaired) electrons. The minimum Gasteiger partial charge on any atom is -0.377 e. The summed E-state index contributed by atoms with van der Waals surface area (Å²) in [7, 11) is 0. The first-order valence-electron chi connectivity index (χ1n) is 7.62. The van der Waals surface area contributed by atoms with Crippen molar-refractivity contribution in [2.45, 2.75) is 51.7 Å². The fraction of sp³-hybridized carbons (Fsp3) is 1.00. The van der Waals surface area contributed by atoms with Crippen LogP contribution in [0.4, 0.5) is 0 Å². The maximum Gasteiger partial charge on any atom is 0.0691 e. The molecule has 2 saturated heterocycles. The van der Waals surface area contributed by atoms with Gasteiger partial charge in [0.1, 0.15) is 0 Å². The lowest BCUT2D eigenvalue weighted by atomic mass is 9.48. The number of fused-ring (bicyclic) bond motifs is 1. The van der Waals surface area contributed by atoms with Gasteiger partial charge in [-0.05, 0) is 25.3 Å². The summed E-state index contributed by atoms with van der Waals surface area (Å²) in [6, 6.07) is 0. The van der Waals surface area contributed by atoms with E-state index in [0.29, 0.717) is 12.0 Å². The minimum atomic E-state index is -0.0310. The fourth-order valence-corrected chi connectivity index (χ4v) is 4.56. The number of nitrogens with two attached hydrogens (primary N) is 1. The number of hydrogen-bond acceptors (Lipinski definition) is 3. The summed E-state index contributed by atoms with van der Waals surface area (Å²) in [4.78, 5) is 2.60. The van der Waals surface area contributed by atoms with Crippen molar-refractivity contribution in [1.82, 2.24) is 4.90 Å². The zero-order valence-corrected chi connectivity index (χ0v) is 12.1. The summed E-state index contributed by atoms with van der Waals surface area (Å²) in [6.07, 6.45) is 4.24. The van der Waals surface area contributed by atoms with E-state index in [1.807, 2.05) is 0 Å². The summed E-state index contributed by atoms with van der Waals surface area (Å²) < 4.78 is 5.87. The quantitative estimate of drug-likeness (QED) is 0.833. The van der Waals surface area contributed by atoms with Gasteiger partial charge in [-0.3, -0.25) is 0 Å². The lowest BCUT2D eigenvalue weighted by molar-refractivity contribution is -0.162. The normalized spacial score (nSPS) is 47.0. The first kappa shape index (κ1) is 12.9. The molecule has 0 bridgehead atoms. The standard InChI is InChI=1S/C15H28N2O/c1-4-11-5-7-17(9-11)10-15(16)12-6-8-18-13(12)14(15,2)3/h11-13H,4-10,16H2,1-3H3. The molecule has 2 aliphatic heterocycles. The van der Waals surface area contributed by atoms with Crippen LogP contribution < -0.4 is 5.73 Å². The van der Waals surface area contributed by atoms with Crippen LogP contribution in [0.5, 0.6) is 0 Å². The van der Waals surface area contributed by atoms with Crippen LogP contribution >= 0.6 is 0 Å². The van der Waals surface area contributed by atoms with Crippen LogP contribution in [0.25, 0.3) is 0 Å². The maximum atomic E-state index is 6.81. The third-order valence-electron chi connectivity index (χ3n) is 6.10. The second-order valence-electron chi connectivity index (χ2n) is 7.25. The fourth-order valence-electron chi connectivity index (χ4n) is 4.56. The van der Waals surface area contributed by atoms with Gasteiger partial charge >= 0.3 is 0 Å². The highest BCUT2D eigenvalue weighted by atomic mass is 16.5. The molecule has 4 unspecified atom stereocenters. The predicted octanol–water partition coefficient (Wildman–Crippen LogP) is 1.86. The zero-order valence-electron chi connectivity index (χ0n) is 12.1. The highest BCUT2D eigenvalue weighted by Crippen LogP contribution is 2.58. The summed E-state index contributed by atoms with van der Waals surface area (Å²) in [6.45, 7) is 11.4.